The molecule has 0 N–H and O–H groups in total. The molecule has 0 amide bonds. The molecular formula is C14H17F3O3. The highest BCUT2D eigenvalue weighted by molar-refractivity contribution is 5.96. The lowest BCUT2D eigenvalue weighted by atomic mass is 10.0. The van der Waals surface area contributed by atoms with Crippen LogP contribution in [0.2, 0.25) is 0 Å². The number of halogens is 3. The molecule has 0 saturated carbocycles. The van der Waals surface area contributed by atoms with Crippen LogP contribution in [0.4, 0.5) is 13.2 Å². The van der Waals surface area contributed by atoms with Gasteiger partial charge in [-0.05, 0) is 18.2 Å². The Morgan fingerprint density at radius 1 is 1.25 bits per heavy atom. The smallest absolute Gasteiger partial charge is 0.419 e. The molecule has 0 radical (unpaired) electrons. The van der Waals surface area contributed by atoms with Crippen molar-refractivity contribution in [3.8, 4) is 5.75 Å². The summed E-state index contributed by atoms with van der Waals surface area (Å²) in [4.78, 5) is 11.5. The van der Waals surface area contributed by atoms with Crippen LogP contribution in [0.3, 0.4) is 0 Å². The zero-order chi connectivity index (χ0) is 15.2. The fraction of sp³-hybridized carbons (Fsp3) is 0.500. The van der Waals surface area contributed by atoms with Gasteiger partial charge in [-0.25, -0.2) is 0 Å². The molecule has 0 unspecified atom stereocenters. The van der Waals surface area contributed by atoms with Gasteiger partial charge in [-0.15, -0.1) is 0 Å². The highest BCUT2D eigenvalue weighted by Crippen LogP contribution is 2.37. The van der Waals surface area contributed by atoms with Crippen LogP contribution in [0.5, 0.6) is 5.75 Å². The summed E-state index contributed by atoms with van der Waals surface area (Å²) >= 11 is 0. The van der Waals surface area contributed by atoms with Crippen molar-refractivity contribution in [3.05, 3.63) is 29.3 Å². The largest absolute Gasteiger partial charge is 0.493 e. The minimum atomic E-state index is -4.55. The Morgan fingerprint density at radius 2 is 1.95 bits per heavy atom. The average molecular weight is 290 g/mol. The van der Waals surface area contributed by atoms with Gasteiger partial charge in [-0.1, -0.05) is 6.92 Å². The first-order valence-electron chi connectivity index (χ1n) is 6.26. The molecule has 0 fully saturated rings. The van der Waals surface area contributed by atoms with Gasteiger partial charge in [0.1, 0.15) is 5.75 Å². The molecule has 0 aliphatic rings. The number of methoxy groups -OCH3 is 1. The molecular weight excluding hydrogens is 273 g/mol. The molecule has 0 aliphatic heterocycles. The normalized spacial score (nSPS) is 11.4. The van der Waals surface area contributed by atoms with E-state index < -0.39 is 11.7 Å². The van der Waals surface area contributed by atoms with Crippen LogP contribution in [-0.2, 0) is 10.9 Å². The number of carbonyl (C=O) groups is 1. The lowest BCUT2D eigenvalue weighted by Gasteiger charge is -2.15. The Balaban J connectivity index is 2.96. The van der Waals surface area contributed by atoms with Gasteiger partial charge in [-0.3, -0.25) is 4.79 Å². The second kappa shape index (κ2) is 7.28. The summed E-state index contributed by atoms with van der Waals surface area (Å²) in [7, 11) is 1.51. The zero-order valence-corrected chi connectivity index (χ0v) is 11.4. The molecule has 0 bridgehead atoms. The van der Waals surface area contributed by atoms with Crippen LogP contribution in [0.25, 0.3) is 0 Å². The third-order valence-electron chi connectivity index (χ3n) is 2.68. The van der Waals surface area contributed by atoms with Gasteiger partial charge in [0.2, 0.25) is 0 Å². The molecule has 112 valence electrons. The summed E-state index contributed by atoms with van der Waals surface area (Å²) in [6.07, 6.45) is -3.91. The summed E-state index contributed by atoms with van der Waals surface area (Å²) in [6.45, 7) is 2.14. The van der Waals surface area contributed by atoms with E-state index in [1.54, 1.807) is 6.92 Å². The number of Topliss-reactive ketones (excluding diaryl/α,β-unsaturated/α-hetero) is 1. The Hall–Kier alpha value is -1.56. The van der Waals surface area contributed by atoms with E-state index in [0.717, 1.165) is 6.07 Å². The van der Waals surface area contributed by atoms with Crippen molar-refractivity contribution in [1.82, 2.24) is 0 Å². The first-order chi connectivity index (χ1) is 9.40. The number of rotatable bonds is 7. The quantitative estimate of drug-likeness (QED) is 0.567. The van der Waals surface area contributed by atoms with Crippen molar-refractivity contribution in [2.24, 2.45) is 0 Å². The van der Waals surface area contributed by atoms with Gasteiger partial charge in [0.05, 0.1) is 12.2 Å². The van der Waals surface area contributed by atoms with E-state index in [1.165, 1.54) is 19.2 Å². The molecule has 0 aromatic heterocycles. The second-order valence-corrected chi connectivity index (χ2v) is 4.18. The molecule has 0 saturated heterocycles. The first-order valence-corrected chi connectivity index (χ1v) is 6.26. The second-order valence-electron chi connectivity index (χ2n) is 4.18. The van der Waals surface area contributed by atoms with E-state index in [4.69, 9.17) is 9.47 Å². The third-order valence-corrected chi connectivity index (χ3v) is 2.68. The minimum absolute atomic E-state index is 0.0454. The van der Waals surface area contributed by atoms with E-state index >= 15 is 0 Å². The highest BCUT2D eigenvalue weighted by Gasteiger charge is 2.35. The topological polar surface area (TPSA) is 35.5 Å². The van der Waals surface area contributed by atoms with Gasteiger partial charge < -0.3 is 9.47 Å². The zero-order valence-electron chi connectivity index (χ0n) is 11.4. The van der Waals surface area contributed by atoms with Crippen molar-refractivity contribution >= 4 is 5.78 Å². The Bertz CT molecular complexity index is 455. The lowest BCUT2D eigenvalue weighted by Crippen LogP contribution is -2.12. The fourth-order valence-electron chi connectivity index (χ4n) is 1.64. The third kappa shape index (κ3) is 4.52. The Labute approximate surface area is 115 Å². The highest BCUT2D eigenvalue weighted by atomic mass is 19.4. The summed E-state index contributed by atoms with van der Waals surface area (Å²) in [5, 5.41) is 0. The first kappa shape index (κ1) is 16.5. The Kier molecular flexibility index (Phi) is 6.01. The lowest BCUT2D eigenvalue weighted by molar-refractivity contribution is -0.139. The van der Waals surface area contributed by atoms with Crippen molar-refractivity contribution in [2.75, 3.05) is 20.3 Å². The van der Waals surface area contributed by atoms with E-state index in [2.05, 4.69) is 0 Å². The fourth-order valence-corrected chi connectivity index (χ4v) is 1.64. The van der Waals surface area contributed by atoms with Crippen LogP contribution in [0.1, 0.15) is 35.7 Å². The van der Waals surface area contributed by atoms with Crippen molar-refractivity contribution in [1.29, 1.82) is 0 Å². The average Bonchev–Trinajstić information content (AvgIpc) is 2.41. The molecule has 1 rings (SSSR count). The number of ether oxygens (including phenoxy) is 2. The number of benzene rings is 1. The van der Waals surface area contributed by atoms with Crippen LogP contribution < -0.4 is 4.74 Å². The van der Waals surface area contributed by atoms with E-state index in [9.17, 15) is 18.0 Å². The van der Waals surface area contributed by atoms with Crippen LogP contribution in [-0.4, -0.2) is 26.1 Å². The molecule has 6 heteroatoms. The number of alkyl halides is 3. The van der Waals surface area contributed by atoms with E-state index in [-0.39, 0.29) is 30.1 Å². The van der Waals surface area contributed by atoms with Crippen molar-refractivity contribution in [3.63, 3.8) is 0 Å². The van der Waals surface area contributed by atoms with Crippen LogP contribution in [0, 0.1) is 0 Å². The van der Waals surface area contributed by atoms with E-state index in [0.29, 0.717) is 13.0 Å². The SMILES string of the molecule is CCC(=O)c1ccc(OCCCOC)c(C(F)(F)F)c1. The van der Waals surface area contributed by atoms with Crippen molar-refractivity contribution in [2.45, 2.75) is 25.9 Å². The molecule has 0 spiro atoms. The Morgan fingerprint density at radius 3 is 2.50 bits per heavy atom. The predicted octanol–water partition coefficient (Wildman–Crippen LogP) is 3.71. The number of hydrogen-bond acceptors (Lipinski definition) is 3. The van der Waals surface area contributed by atoms with Gasteiger partial charge >= 0.3 is 6.18 Å². The molecule has 0 heterocycles. The standard InChI is InChI=1S/C14H17F3O3/c1-3-12(18)10-5-6-13(20-8-4-7-19-2)11(9-10)14(15,16)17/h5-6,9H,3-4,7-8H2,1-2H3. The molecule has 20 heavy (non-hydrogen) atoms. The molecule has 0 atom stereocenters. The summed E-state index contributed by atoms with van der Waals surface area (Å²) in [5.74, 6) is -0.595. The molecule has 1 aromatic rings. The number of carbonyl (C=O) groups excluding carboxylic acids is 1. The summed E-state index contributed by atoms with van der Waals surface area (Å²) in [5.41, 5.74) is -0.877. The minimum Gasteiger partial charge on any atom is -0.493 e. The van der Waals surface area contributed by atoms with E-state index in [1.807, 2.05) is 0 Å². The van der Waals surface area contributed by atoms with Gasteiger partial charge in [-0.2, -0.15) is 13.2 Å². The van der Waals surface area contributed by atoms with Crippen LogP contribution in [0.15, 0.2) is 18.2 Å². The summed E-state index contributed by atoms with van der Waals surface area (Å²) < 4.78 is 48.8. The summed E-state index contributed by atoms with van der Waals surface area (Å²) in [6, 6.07) is 3.39. The predicted molar refractivity (Wildman–Crippen MR) is 68.1 cm³/mol. The van der Waals surface area contributed by atoms with Gasteiger partial charge in [0, 0.05) is 32.1 Å². The van der Waals surface area contributed by atoms with Crippen LogP contribution >= 0.6 is 0 Å². The maximum Gasteiger partial charge on any atom is 0.419 e. The maximum absolute atomic E-state index is 13.0. The molecule has 1 aromatic carbocycles. The number of ketones is 1. The van der Waals surface area contributed by atoms with Gasteiger partial charge in [0.25, 0.3) is 0 Å². The molecule has 3 nitrogen and oxygen atoms in total. The van der Waals surface area contributed by atoms with Crippen molar-refractivity contribution < 1.29 is 27.4 Å². The number of hydrogen-bond donors (Lipinski definition) is 0. The molecule has 0 aliphatic carbocycles. The monoisotopic (exact) mass is 290 g/mol. The maximum atomic E-state index is 13.0. The van der Waals surface area contributed by atoms with Gasteiger partial charge in [0.15, 0.2) is 5.78 Å².